The van der Waals surface area contributed by atoms with Crippen LogP contribution in [0.25, 0.3) is 0 Å². The molecule has 0 aliphatic heterocycles. The van der Waals surface area contributed by atoms with Crippen LogP contribution in [0.4, 0.5) is 0 Å². The van der Waals surface area contributed by atoms with Gasteiger partial charge in [0.2, 0.25) is 0 Å². The van der Waals surface area contributed by atoms with Crippen molar-refractivity contribution in [2.24, 2.45) is 5.18 Å². The van der Waals surface area contributed by atoms with Crippen molar-refractivity contribution in [3.8, 4) is 17.2 Å². The number of hydrogen-bond acceptors (Lipinski definition) is 4. The van der Waals surface area contributed by atoms with Crippen LogP contribution in [0.1, 0.15) is 5.56 Å². The number of benzene rings is 2. The predicted octanol–water partition coefficient (Wildman–Crippen LogP) is 3.45. The molecule has 0 radical (unpaired) electrons. The van der Waals surface area contributed by atoms with E-state index in [0.29, 0.717) is 17.1 Å². The molecular weight excluding hydrogens is 218 g/mol. The fourth-order valence-corrected chi connectivity index (χ4v) is 1.45. The summed E-state index contributed by atoms with van der Waals surface area (Å²) in [4.78, 5) is 10.2. The molecule has 1 N–H and O–H groups in total. The minimum atomic E-state index is -0.0716. The van der Waals surface area contributed by atoms with Crippen molar-refractivity contribution in [3.05, 3.63) is 59.0 Å². The summed E-state index contributed by atoms with van der Waals surface area (Å²) in [5, 5.41) is 12.2. The van der Waals surface area contributed by atoms with E-state index >= 15 is 0 Å². The van der Waals surface area contributed by atoms with E-state index in [1.165, 1.54) is 6.07 Å². The topological polar surface area (TPSA) is 58.9 Å². The Morgan fingerprint density at radius 1 is 1.06 bits per heavy atom. The molecule has 0 spiro atoms. The molecule has 0 bridgehead atoms. The van der Waals surface area contributed by atoms with Crippen molar-refractivity contribution in [3.63, 3.8) is 0 Å². The van der Waals surface area contributed by atoms with Crippen LogP contribution in [-0.4, -0.2) is 5.11 Å². The van der Waals surface area contributed by atoms with Crippen LogP contribution in [0.15, 0.2) is 53.7 Å². The quantitative estimate of drug-likeness (QED) is 0.817. The maximum absolute atomic E-state index is 10.2. The molecule has 0 aliphatic rings. The van der Waals surface area contributed by atoms with E-state index in [0.717, 1.165) is 0 Å². The highest BCUT2D eigenvalue weighted by atomic mass is 16.5. The first-order valence-corrected chi connectivity index (χ1v) is 5.13. The van der Waals surface area contributed by atoms with Crippen LogP contribution < -0.4 is 4.74 Å². The van der Waals surface area contributed by atoms with Gasteiger partial charge in [0.15, 0.2) is 0 Å². The van der Waals surface area contributed by atoms with E-state index in [1.807, 2.05) is 30.3 Å². The number of phenols is 1. The third-order valence-corrected chi connectivity index (χ3v) is 2.26. The molecule has 0 amide bonds. The molecule has 0 saturated heterocycles. The fraction of sp³-hybridized carbons (Fsp3) is 0.0769. The van der Waals surface area contributed by atoms with Gasteiger partial charge in [-0.2, -0.15) is 4.91 Å². The van der Waals surface area contributed by atoms with Crippen molar-refractivity contribution in [2.75, 3.05) is 0 Å². The third kappa shape index (κ3) is 2.81. The van der Waals surface area contributed by atoms with E-state index < -0.39 is 0 Å². The van der Waals surface area contributed by atoms with Crippen LogP contribution >= 0.6 is 0 Å². The molecule has 4 nitrogen and oxygen atoms in total. The smallest absolute Gasteiger partial charge is 0.128 e. The molecule has 0 heterocycles. The van der Waals surface area contributed by atoms with Crippen LogP contribution in [0.2, 0.25) is 0 Å². The summed E-state index contributed by atoms with van der Waals surface area (Å²) in [7, 11) is 0. The van der Waals surface area contributed by atoms with Gasteiger partial charge in [-0.05, 0) is 30.3 Å². The summed E-state index contributed by atoms with van der Waals surface area (Å²) in [5.74, 6) is 1.31. The highest BCUT2D eigenvalue weighted by Gasteiger charge is 2.04. The summed E-state index contributed by atoms with van der Waals surface area (Å²) >= 11 is 0. The second kappa shape index (κ2) is 5.12. The van der Waals surface area contributed by atoms with Gasteiger partial charge < -0.3 is 9.84 Å². The van der Waals surface area contributed by atoms with Crippen molar-refractivity contribution >= 4 is 0 Å². The Hall–Kier alpha value is -2.36. The first-order valence-electron chi connectivity index (χ1n) is 5.13. The number of nitroso groups, excluding NO2 is 1. The lowest BCUT2D eigenvalue weighted by Crippen LogP contribution is -1.87. The Morgan fingerprint density at radius 2 is 1.82 bits per heavy atom. The molecule has 2 aromatic rings. The van der Waals surface area contributed by atoms with Crippen molar-refractivity contribution in [2.45, 2.75) is 6.54 Å². The lowest BCUT2D eigenvalue weighted by atomic mass is 10.2. The summed E-state index contributed by atoms with van der Waals surface area (Å²) in [6.07, 6.45) is 0. The Labute approximate surface area is 98.5 Å². The molecule has 2 rings (SSSR count). The maximum Gasteiger partial charge on any atom is 0.128 e. The third-order valence-electron chi connectivity index (χ3n) is 2.26. The number of rotatable bonds is 4. The maximum atomic E-state index is 10.2. The molecule has 4 heteroatoms. The van der Waals surface area contributed by atoms with E-state index in [4.69, 9.17) is 4.74 Å². The molecule has 0 unspecified atom stereocenters. The number of para-hydroxylation sites is 1. The van der Waals surface area contributed by atoms with Gasteiger partial charge in [-0.1, -0.05) is 23.4 Å². The minimum Gasteiger partial charge on any atom is -0.508 e. The van der Waals surface area contributed by atoms with Crippen molar-refractivity contribution in [1.29, 1.82) is 0 Å². The van der Waals surface area contributed by atoms with Crippen LogP contribution in [0, 0.1) is 4.91 Å². The largest absolute Gasteiger partial charge is 0.508 e. The molecule has 0 aliphatic carbocycles. The van der Waals surface area contributed by atoms with Crippen LogP contribution in [0.3, 0.4) is 0 Å². The van der Waals surface area contributed by atoms with Crippen LogP contribution in [0.5, 0.6) is 17.2 Å². The molecule has 0 aromatic heterocycles. The van der Waals surface area contributed by atoms with E-state index in [-0.39, 0.29) is 12.3 Å². The molecule has 0 fully saturated rings. The standard InChI is InChI=1S/C13H11NO3/c15-13-7-6-12(8-10(13)9-14-16)17-11-4-2-1-3-5-11/h1-8,15H,9H2. The summed E-state index contributed by atoms with van der Waals surface area (Å²) in [5.41, 5.74) is 0.452. The lowest BCUT2D eigenvalue weighted by molar-refractivity contribution is 0.458. The summed E-state index contributed by atoms with van der Waals surface area (Å²) in [6.45, 7) is -0.0716. The van der Waals surface area contributed by atoms with Gasteiger partial charge in [0.25, 0.3) is 0 Å². The zero-order valence-corrected chi connectivity index (χ0v) is 9.04. The average Bonchev–Trinajstić information content (AvgIpc) is 2.35. The summed E-state index contributed by atoms with van der Waals surface area (Å²) < 4.78 is 5.57. The highest BCUT2D eigenvalue weighted by molar-refractivity contribution is 5.41. The molecule has 0 atom stereocenters. The highest BCUT2D eigenvalue weighted by Crippen LogP contribution is 2.27. The Kier molecular flexibility index (Phi) is 3.35. The summed E-state index contributed by atoms with van der Waals surface area (Å²) in [6, 6.07) is 14.0. The number of nitrogens with zero attached hydrogens (tertiary/aromatic N) is 1. The molecule has 86 valence electrons. The normalized spacial score (nSPS) is 9.88. The zero-order valence-electron chi connectivity index (χ0n) is 9.04. The minimum absolute atomic E-state index is 0.0463. The van der Waals surface area contributed by atoms with Crippen molar-refractivity contribution in [1.82, 2.24) is 0 Å². The first kappa shape index (κ1) is 11.1. The monoisotopic (exact) mass is 229 g/mol. The molecule has 2 aromatic carbocycles. The Morgan fingerprint density at radius 3 is 2.53 bits per heavy atom. The number of aromatic hydroxyl groups is 1. The lowest BCUT2D eigenvalue weighted by Gasteiger charge is -2.07. The zero-order chi connectivity index (χ0) is 12.1. The van der Waals surface area contributed by atoms with E-state index in [9.17, 15) is 10.0 Å². The number of phenolic OH excluding ortho intramolecular Hbond substituents is 1. The molecular formula is C13H11NO3. The van der Waals surface area contributed by atoms with Crippen molar-refractivity contribution < 1.29 is 9.84 Å². The van der Waals surface area contributed by atoms with Gasteiger partial charge in [0.05, 0.1) is 0 Å². The van der Waals surface area contributed by atoms with Gasteiger partial charge in [0.1, 0.15) is 23.8 Å². The number of hydrogen-bond donors (Lipinski definition) is 1. The molecule has 0 saturated carbocycles. The molecule has 17 heavy (non-hydrogen) atoms. The first-order chi connectivity index (χ1) is 8.29. The van der Waals surface area contributed by atoms with Gasteiger partial charge in [-0.3, -0.25) is 0 Å². The van der Waals surface area contributed by atoms with Gasteiger partial charge >= 0.3 is 0 Å². The fourth-order valence-electron chi connectivity index (χ4n) is 1.45. The SMILES string of the molecule is O=NCc1cc(Oc2ccccc2)ccc1O. The van der Waals surface area contributed by atoms with E-state index in [2.05, 4.69) is 5.18 Å². The Bertz CT molecular complexity index is 511. The van der Waals surface area contributed by atoms with Crippen LogP contribution in [-0.2, 0) is 6.54 Å². The second-order valence-electron chi connectivity index (χ2n) is 3.49. The van der Waals surface area contributed by atoms with Gasteiger partial charge in [-0.25, -0.2) is 0 Å². The van der Waals surface area contributed by atoms with E-state index in [1.54, 1.807) is 12.1 Å². The van der Waals surface area contributed by atoms with Gasteiger partial charge in [0, 0.05) is 5.56 Å². The average molecular weight is 229 g/mol. The Balaban J connectivity index is 2.22. The number of ether oxygens (including phenoxy) is 1. The van der Waals surface area contributed by atoms with Gasteiger partial charge in [-0.15, -0.1) is 0 Å². The second-order valence-corrected chi connectivity index (χ2v) is 3.49. The predicted molar refractivity (Wildman–Crippen MR) is 64.1 cm³/mol.